The fourth-order valence-corrected chi connectivity index (χ4v) is 3.43. The molecule has 0 heterocycles. The Morgan fingerprint density at radius 1 is 1.21 bits per heavy atom. The Morgan fingerprint density at radius 3 is 2.50 bits per heavy atom. The molecule has 1 aromatic rings. The minimum Gasteiger partial charge on any atom is -0.377 e. The fourth-order valence-electron chi connectivity index (χ4n) is 3.43. The summed E-state index contributed by atoms with van der Waals surface area (Å²) in [7, 11) is 0. The van der Waals surface area contributed by atoms with Crippen LogP contribution in [0.15, 0.2) is 24.3 Å². The zero-order valence-electron chi connectivity index (χ0n) is 14.7. The third-order valence-corrected chi connectivity index (χ3v) is 4.94. The van der Waals surface area contributed by atoms with Gasteiger partial charge in [0.05, 0.1) is 6.61 Å². The minimum absolute atomic E-state index is 0. The van der Waals surface area contributed by atoms with Crippen LogP contribution >= 0.6 is 12.4 Å². The van der Waals surface area contributed by atoms with Gasteiger partial charge in [-0.2, -0.15) is 0 Å². The largest absolute Gasteiger partial charge is 0.377 e. The van der Waals surface area contributed by atoms with Crippen LogP contribution in [-0.2, 0) is 22.7 Å². The van der Waals surface area contributed by atoms with Gasteiger partial charge in [-0.15, -0.1) is 12.4 Å². The van der Waals surface area contributed by atoms with Gasteiger partial charge in [0.1, 0.15) is 0 Å². The molecule has 24 heavy (non-hydrogen) atoms. The lowest BCUT2D eigenvalue weighted by Crippen LogP contribution is -2.38. The van der Waals surface area contributed by atoms with E-state index in [1.54, 1.807) is 0 Å². The van der Waals surface area contributed by atoms with E-state index in [2.05, 4.69) is 11.4 Å². The molecule has 3 N–H and O–H groups in total. The molecule has 1 aliphatic rings. The summed E-state index contributed by atoms with van der Waals surface area (Å²) < 4.78 is 5.49. The molecule has 1 amide bonds. The molecule has 0 saturated heterocycles. The van der Waals surface area contributed by atoms with E-state index in [1.807, 2.05) is 25.1 Å². The lowest BCUT2D eigenvalue weighted by molar-refractivity contribution is -0.124. The van der Waals surface area contributed by atoms with E-state index in [1.165, 1.54) is 19.3 Å². The van der Waals surface area contributed by atoms with E-state index in [0.29, 0.717) is 32.7 Å². The Labute approximate surface area is 151 Å². The molecule has 0 radical (unpaired) electrons. The number of rotatable bonds is 8. The maximum absolute atomic E-state index is 12.4. The third kappa shape index (κ3) is 6.08. The average Bonchev–Trinajstić information content (AvgIpc) is 2.59. The van der Waals surface area contributed by atoms with Gasteiger partial charge in [0, 0.05) is 19.6 Å². The number of benzene rings is 1. The van der Waals surface area contributed by atoms with Gasteiger partial charge in [0.25, 0.3) is 0 Å². The van der Waals surface area contributed by atoms with Gasteiger partial charge in [0.15, 0.2) is 0 Å². The maximum Gasteiger partial charge on any atom is 0.220 e. The predicted molar refractivity (Wildman–Crippen MR) is 100 cm³/mol. The van der Waals surface area contributed by atoms with Gasteiger partial charge in [-0.25, -0.2) is 0 Å². The zero-order valence-corrected chi connectivity index (χ0v) is 15.5. The quantitative estimate of drug-likeness (QED) is 0.750. The molecule has 0 bridgehead atoms. The number of amides is 1. The molecule has 136 valence electrons. The number of nitrogens with one attached hydrogen (secondary N) is 1. The molecule has 0 aliphatic heterocycles. The first kappa shape index (κ1) is 20.9. The highest BCUT2D eigenvalue weighted by molar-refractivity contribution is 5.85. The summed E-state index contributed by atoms with van der Waals surface area (Å²) in [6.07, 6.45) is 6.38. The van der Waals surface area contributed by atoms with E-state index < -0.39 is 0 Å². The summed E-state index contributed by atoms with van der Waals surface area (Å²) in [6, 6.07) is 8.11. The van der Waals surface area contributed by atoms with Crippen LogP contribution in [0.1, 0.15) is 56.6 Å². The van der Waals surface area contributed by atoms with Crippen LogP contribution in [-0.4, -0.2) is 19.1 Å². The highest BCUT2D eigenvalue weighted by atomic mass is 35.5. The van der Waals surface area contributed by atoms with E-state index in [9.17, 15) is 4.79 Å². The monoisotopic (exact) mass is 354 g/mol. The summed E-state index contributed by atoms with van der Waals surface area (Å²) >= 11 is 0. The van der Waals surface area contributed by atoms with Crippen LogP contribution in [0.5, 0.6) is 0 Å². The van der Waals surface area contributed by atoms with Crippen molar-refractivity contribution in [2.24, 2.45) is 11.1 Å². The number of halogens is 1. The Hall–Kier alpha value is -1.10. The molecule has 2 rings (SSSR count). The summed E-state index contributed by atoms with van der Waals surface area (Å²) in [5.74, 6) is 0.114. The number of ether oxygens (including phenoxy) is 1. The van der Waals surface area contributed by atoms with E-state index in [-0.39, 0.29) is 23.7 Å². The van der Waals surface area contributed by atoms with Crippen LogP contribution in [0.2, 0.25) is 0 Å². The molecule has 0 aromatic heterocycles. The van der Waals surface area contributed by atoms with Crippen LogP contribution < -0.4 is 11.1 Å². The van der Waals surface area contributed by atoms with Crippen molar-refractivity contribution in [2.45, 2.75) is 58.6 Å². The van der Waals surface area contributed by atoms with Crippen molar-refractivity contribution in [3.63, 3.8) is 0 Å². The molecule has 4 nitrogen and oxygen atoms in total. The van der Waals surface area contributed by atoms with Crippen molar-refractivity contribution in [3.05, 3.63) is 35.4 Å². The molecule has 1 aromatic carbocycles. The standard InChI is InChI=1S/C19H30N2O2.ClH/c1-2-23-14-17-9-5-4-8-16(17)13-21-18(22)12-19(15-20)10-6-3-7-11-19;/h4-5,8-9H,2-3,6-7,10-15,20H2,1H3,(H,21,22);1H. The van der Waals surface area contributed by atoms with Gasteiger partial charge in [-0.05, 0) is 42.9 Å². The smallest absolute Gasteiger partial charge is 0.220 e. The first-order chi connectivity index (χ1) is 11.2. The third-order valence-electron chi connectivity index (χ3n) is 4.94. The predicted octanol–water partition coefficient (Wildman–Crippen LogP) is 3.56. The highest BCUT2D eigenvalue weighted by Crippen LogP contribution is 2.38. The summed E-state index contributed by atoms with van der Waals surface area (Å²) in [4.78, 5) is 12.4. The number of carbonyl (C=O) groups excluding carboxylic acids is 1. The highest BCUT2D eigenvalue weighted by Gasteiger charge is 2.32. The van der Waals surface area contributed by atoms with Crippen molar-refractivity contribution in [1.29, 1.82) is 0 Å². The van der Waals surface area contributed by atoms with Crippen molar-refractivity contribution in [2.75, 3.05) is 13.2 Å². The summed E-state index contributed by atoms with van der Waals surface area (Å²) in [5.41, 5.74) is 8.26. The molecule has 1 saturated carbocycles. The molecular weight excluding hydrogens is 324 g/mol. The number of carbonyl (C=O) groups is 1. The fraction of sp³-hybridized carbons (Fsp3) is 0.632. The normalized spacial score (nSPS) is 16.2. The second kappa shape index (κ2) is 10.7. The first-order valence-corrected chi connectivity index (χ1v) is 8.80. The zero-order chi connectivity index (χ0) is 16.5. The Bertz CT molecular complexity index is 502. The lowest BCUT2D eigenvalue weighted by Gasteiger charge is -2.35. The van der Waals surface area contributed by atoms with Crippen molar-refractivity contribution < 1.29 is 9.53 Å². The van der Waals surface area contributed by atoms with Crippen LogP contribution in [0.4, 0.5) is 0 Å². The van der Waals surface area contributed by atoms with Gasteiger partial charge >= 0.3 is 0 Å². The summed E-state index contributed by atoms with van der Waals surface area (Å²) in [6.45, 7) is 4.44. The number of hydrogen-bond donors (Lipinski definition) is 2. The molecule has 0 spiro atoms. The number of nitrogens with two attached hydrogens (primary N) is 1. The van der Waals surface area contributed by atoms with E-state index in [0.717, 1.165) is 24.0 Å². The van der Waals surface area contributed by atoms with Crippen molar-refractivity contribution in [1.82, 2.24) is 5.32 Å². The SMILES string of the molecule is CCOCc1ccccc1CNC(=O)CC1(CN)CCCCC1.Cl. The lowest BCUT2D eigenvalue weighted by atomic mass is 9.71. The van der Waals surface area contributed by atoms with Crippen molar-refractivity contribution >= 4 is 18.3 Å². The Kier molecular flexibility index (Phi) is 9.34. The Morgan fingerprint density at radius 2 is 1.88 bits per heavy atom. The molecular formula is C19H31ClN2O2. The van der Waals surface area contributed by atoms with E-state index in [4.69, 9.17) is 10.5 Å². The maximum atomic E-state index is 12.4. The topological polar surface area (TPSA) is 64.3 Å². The van der Waals surface area contributed by atoms with Gasteiger partial charge in [-0.1, -0.05) is 43.5 Å². The number of hydrogen-bond acceptors (Lipinski definition) is 3. The van der Waals surface area contributed by atoms with Crippen LogP contribution in [0, 0.1) is 5.41 Å². The van der Waals surface area contributed by atoms with Gasteiger partial charge < -0.3 is 15.8 Å². The second-order valence-corrected chi connectivity index (χ2v) is 6.62. The molecule has 5 heteroatoms. The summed E-state index contributed by atoms with van der Waals surface area (Å²) in [5, 5.41) is 3.07. The van der Waals surface area contributed by atoms with Crippen LogP contribution in [0.25, 0.3) is 0 Å². The molecule has 0 atom stereocenters. The first-order valence-electron chi connectivity index (χ1n) is 8.80. The molecule has 1 fully saturated rings. The molecule has 0 unspecified atom stereocenters. The van der Waals surface area contributed by atoms with Crippen LogP contribution in [0.3, 0.4) is 0 Å². The Balaban J connectivity index is 0.00000288. The second-order valence-electron chi connectivity index (χ2n) is 6.62. The van der Waals surface area contributed by atoms with Crippen molar-refractivity contribution in [3.8, 4) is 0 Å². The van der Waals surface area contributed by atoms with E-state index >= 15 is 0 Å². The average molecular weight is 355 g/mol. The van der Waals surface area contributed by atoms with Gasteiger partial charge in [0.2, 0.25) is 5.91 Å². The van der Waals surface area contributed by atoms with Gasteiger partial charge in [-0.3, -0.25) is 4.79 Å². The molecule has 1 aliphatic carbocycles. The minimum atomic E-state index is 0.